The molecule has 2 aliphatic heterocycles. The van der Waals surface area contributed by atoms with Crippen LogP contribution in [-0.2, 0) is 9.53 Å². The monoisotopic (exact) mass is 171 g/mol. The summed E-state index contributed by atoms with van der Waals surface area (Å²) in [5.74, 6) is -0.939. The predicted molar refractivity (Wildman–Crippen MR) is 41.9 cm³/mol. The van der Waals surface area contributed by atoms with Crippen molar-refractivity contribution in [2.45, 2.75) is 6.42 Å². The van der Waals surface area contributed by atoms with Gasteiger partial charge in [0.15, 0.2) is 0 Å². The molecule has 2 heterocycles. The van der Waals surface area contributed by atoms with Gasteiger partial charge in [0.2, 0.25) is 0 Å². The van der Waals surface area contributed by atoms with Crippen molar-refractivity contribution in [1.82, 2.24) is 5.32 Å². The Kier molecular flexibility index (Phi) is 1.81. The zero-order valence-corrected chi connectivity index (χ0v) is 6.88. The molecular formula is C8H13NO3. The number of carbonyl (C=O) groups is 1. The number of aliphatic carboxylic acids is 1. The molecule has 0 unspecified atom stereocenters. The third-order valence-electron chi connectivity index (χ3n) is 3.00. The van der Waals surface area contributed by atoms with Crippen molar-refractivity contribution >= 4 is 5.97 Å². The van der Waals surface area contributed by atoms with E-state index in [9.17, 15) is 4.79 Å². The summed E-state index contributed by atoms with van der Waals surface area (Å²) >= 11 is 0. The molecule has 0 aromatic rings. The summed E-state index contributed by atoms with van der Waals surface area (Å²) in [6, 6.07) is 0. The topological polar surface area (TPSA) is 58.6 Å². The van der Waals surface area contributed by atoms with Crippen LogP contribution < -0.4 is 5.32 Å². The van der Waals surface area contributed by atoms with Gasteiger partial charge < -0.3 is 15.2 Å². The lowest BCUT2D eigenvalue weighted by Crippen LogP contribution is -2.35. The van der Waals surface area contributed by atoms with E-state index in [0.29, 0.717) is 19.8 Å². The maximum Gasteiger partial charge on any atom is 0.308 e. The fraction of sp³-hybridized carbons (Fsp3) is 0.875. The largest absolute Gasteiger partial charge is 0.481 e. The summed E-state index contributed by atoms with van der Waals surface area (Å²) in [4.78, 5) is 10.9. The molecule has 0 radical (unpaired) electrons. The van der Waals surface area contributed by atoms with Crippen molar-refractivity contribution in [3.8, 4) is 0 Å². The molecule has 2 rings (SSSR count). The zero-order chi connectivity index (χ0) is 8.60. The lowest BCUT2D eigenvalue weighted by atomic mass is 9.77. The van der Waals surface area contributed by atoms with Crippen LogP contribution in [0.15, 0.2) is 0 Å². The number of hydrogen-bond donors (Lipinski definition) is 2. The summed E-state index contributed by atoms with van der Waals surface area (Å²) < 4.78 is 5.26. The predicted octanol–water partition coefficient (Wildman–Crippen LogP) is -0.303. The smallest absolute Gasteiger partial charge is 0.308 e. The molecule has 4 heteroatoms. The molecule has 0 aliphatic carbocycles. The van der Waals surface area contributed by atoms with Gasteiger partial charge in [-0.15, -0.1) is 0 Å². The highest BCUT2D eigenvalue weighted by molar-refractivity contribution is 5.72. The van der Waals surface area contributed by atoms with Gasteiger partial charge in [0.25, 0.3) is 0 Å². The van der Waals surface area contributed by atoms with E-state index >= 15 is 0 Å². The maximum absolute atomic E-state index is 10.9. The van der Waals surface area contributed by atoms with Gasteiger partial charge >= 0.3 is 5.97 Å². The number of rotatable bonds is 1. The highest BCUT2D eigenvalue weighted by atomic mass is 16.5. The SMILES string of the molecule is O=C(O)[C@H]1CNC[C@]12CCOC2. The van der Waals surface area contributed by atoms with Crippen molar-refractivity contribution in [2.24, 2.45) is 11.3 Å². The first kappa shape index (κ1) is 8.01. The van der Waals surface area contributed by atoms with Crippen LogP contribution in [0, 0.1) is 11.3 Å². The molecule has 2 atom stereocenters. The minimum absolute atomic E-state index is 0.105. The second-order valence-electron chi connectivity index (χ2n) is 3.69. The van der Waals surface area contributed by atoms with E-state index in [4.69, 9.17) is 9.84 Å². The Morgan fingerprint density at radius 1 is 1.67 bits per heavy atom. The summed E-state index contributed by atoms with van der Waals surface area (Å²) in [6.07, 6.45) is 0.886. The van der Waals surface area contributed by atoms with Crippen LogP contribution in [0.4, 0.5) is 0 Å². The van der Waals surface area contributed by atoms with Gasteiger partial charge in [0, 0.05) is 25.1 Å². The maximum atomic E-state index is 10.9. The van der Waals surface area contributed by atoms with Gasteiger partial charge in [-0.05, 0) is 6.42 Å². The van der Waals surface area contributed by atoms with Gasteiger partial charge in [-0.3, -0.25) is 4.79 Å². The van der Waals surface area contributed by atoms with Gasteiger partial charge in [-0.1, -0.05) is 0 Å². The third kappa shape index (κ3) is 1.03. The van der Waals surface area contributed by atoms with Crippen LogP contribution in [0.1, 0.15) is 6.42 Å². The van der Waals surface area contributed by atoms with E-state index in [2.05, 4.69) is 5.32 Å². The Balaban J connectivity index is 2.17. The number of carboxylic acids is 1. The molecular weight excluding hydrogens is 158 g/mol. The van der Waals surface area contributed by atoms with E-state index in [0.717, 1.165) is 13.0 Å². The first-order valence-corrected chi connectivity index (χ1v) is 4.26. The molecule has 12 heavy (non-hydrogen) atoms. The molecule has 2 N–H and O–H groups in total. The molecule has 2 aliphatic rings. The first-order chi connectivity index (χ1) is 5.75. The first-order valence-electron chi connectivity index (χ1n) is 4.26. The number of nitrogens with one attached hydrogen (secondary N) is 1. The Bertz CT molecular complexity index is 193. The van der Waals surface area contributed by atoms with E-state index in [1.54, 1.807) is 0 Å². The molecule has 0 aromatic carbocycles. The highest BCUT2D eigenvalue weighted by Crippen LogP contribution is 2.39. The Morgan fingerprint density at radius 2 is 2.50 bits per heavy atom. The van der Waals surface area contributed by atoms with Crippen LogP contribution in [0.5, 0.6) is 0 Å². The van der Waals surface area contributed by atoms with Gasteiger partial charge in [-0.2, -0.15) is 0 Å². The fourth-order valence-electron chi connectivity index (χ4n) is 2.19. The number of hydrogen-bond acceptors (Lipinski definition) is 3. The Morgan fingerprint density at radius 3 is 3.08 bits per heavy atom. The lowest BCUT2D eigenvalue weighted by Gasteiger charge is -2.24. The van der Waals surface area contributed by atoms with Gasteiger partial charge in [0.1, 0.15) is 0 Å². The number of carboxylic acid groups (broad SMARTS) is 1. The summed E-state index contributed by atoms with van der Waals surface area (Å²) in [7, 11) is 0. The molecule has 0 bridgehead atoms. The fourth-order valence-corrected chi connectivity index (χ4v) is 2.19. The molecule has 2 fully saturated rings. The standard InChI is InChI=1S/C8H13NO3/c10-7(11)6-3-9-4-8(6)1-2-12-5-8/h6,9H,1-5H2,(H,10,11)/t6-,8+/m1/s1. The molecule has 0 amide bonds. The number of ether oxygens (including phenoxy) is 1. The van der Waals surface area contributed by atoms with Crippen molar-refractivity contribution in [1.29, 1.82) is 0 Å². The average molecular weight is 171 g/mol. The minimum Gasteiger partial charge on any atom is -0.481 e. The molecule has 4 nitrogen and oxygen atoms in total. The third-order valence-corrected chi connectivity index (χ3v) is 3.00. The van der Waals surface area contributed by atoms with Crippen LogP contribution in [-0.4, -0.2) is 37.4 Å². The van der Waals surface area contributed by atoms with Crippen LogP contribution in [0.25, 0.3) is 0 Å². The Labute approximate surface area is 70.9 Å². The van der Waals surface area contributed by atoms with Crippen LogP contribution in [0.2, 0.25) is 0 Å². The van der Waals surface area contributed by atoms with E-state index in [1.165, 1.54) is 0 Å². The van der Waals surface area contributed by atoms with E-state index in [-0.39, 0.29) is 11.3 Å². The van der Waals surface area contributed by atoms with Crippen molar-refractivity contribution in [3.05, 3.63) is 0 Å². The molecule has 1 spiro atoms. The van der Waals surface area contributed by atoms with Crippen LogP contribution in [0.3, 0.4) is 0 Å². The molecule has 0 saturated carbocycles. The quantitative estimate of drug-likeness (QED) is 0.568. The summed E-state index contributed by atoms with van der Waals surface area (Å²) in [5.41, 5.74) is -0.105. The van der Waals surface area contributed by atoms with Gasteiger partial charge in [0.05, 0.1) is 12.5 Å². The highest BCUT2D eigenvalue weighted by Gasteiger charge is 2.49. The molecule has 2 saturated heterocycles. The second kappa shape index (κ2) is 2.71. The Hall–Kier alpha value is -0.610. The summed E-state index contributed by atoms with van der Waals surface area (Å²) in [5, 5.41) is 12.1. The van der Waals surface area contributed by atoms with E-state index < -0.39 is 5.97 Å². The van der Waals surface area contributed by atoms with Crippen molar-refractivity contribution in [3.63, 3.8) is 0 Å². The van der Waals surface area contributed by atoms with Gasteiger partial charge in [-0.25, -0.2) is 0 Å². The lowest BCUT2D eigenvalue weighted by molar-refractivity contribution is -0.144. The minimum atomic E-state index is -0.689. The zero-order valence-electron chi connectivity index (χ0n) is 6.88. The summed E-state index contributed by atoms with van der Waals surface area (Å²) in [6.45, 7) is 2.71. The average Bonchev–Trinajstić information content (AvgIpc) is 2.61. The normalized spacial score (nSPS) is 40.8. The van der Waals surface area contributed by atoms with Crippen molar-refractivity contribution < 1.29 is 14.6 Å². The molecule has 68 valence electrons. The van der Waals surface area contributed by atoms with E-state index in [1.807, 2.05) is 0 Å². The van der Waals surface area contributed by atoms with Crippen molar-refractivity contribution in [2.75, 3.05) is 26.3 Å². The second-order valence-corrected chi connectivity index (χ2v) is 3.69. The van der Waals surface area contributed by atoms with Crippen LogP contribution >= 0.6 is 0 Å². The molecule has 0 aromatic heterocycles.